The Hall–Kier alpha value is -1.02. The van der Waals surface area contributed by atoms with E-state index in [0.29, 0.717) is 6.10 Å². The second kappa shape index (κ2) is 4.23. The number of rotatable bonds is 3. The number of hydrogen-bond donors (Lipinski definition) is 1. The predicted molar refractivity (Wildman–Crippen MR) is 60.1 cm³/mol. The van der Waals surface area contributed by atoms with Crippen LogP contribution >= 0.6 is 0 Å². The zero-order valence-corrected chi connectivity index (χ0v) is 9.36. The van der Waals surface area contributed by atoms with Crippen molar-refractivity contribution in [2.75, 3.05) is 0 Å². The molecule has 1 saturated carbocycles. The smallest absolute Gasteiger partial charge is 0.125 e. The maximum absolute atomic E-state index is 9.65. The van der Waals surface area contributed by atoms with Gasteiger partial charge in [-0.1, -0.05) is 11.6 Å². The highest BCUT2D eigenvalue weighted by Crippen LogP contribution is 2.31. The van der Waals surface area contributed by atoms with Gasteiger partial charge in [-0.05, 0) is 45.2 Å². The molecule has 2 nitrogen and oxygen atoms in total. The molecule has 1 aromatic rings. The third-order valence-electron chi connectivity index (χ3n) is 2.96. The van der Waals surface area contributed by atoms with Crippen LogP contribution in [0.1, 0.15) is 43.4 Å². The van der Waals surface area contributed by atoms with Gasteiger partial charge in [0.25, 0.3) is 0 Å². The van der Waals surface area contributed by atoms with Crippen LogP contribution in [0.5, 0.6) is 5.75 Å². The summed E-state index contributed by atoms with van der Waals surface area (Å²) in [7, 11) is 0. The molecule has 2 rings (SSSR count). The Labute approximate surface area is 90.9 Å². The highest BCUT2D eigenvalue weighted by atomic mass is 16.5. The molecule has 15 heavy (non-hydrogen) atoms. The van der Waals surface area contributed by atoms with Gasteiger partial charge >= 0.3 is 0 Å². The summed E-state index contributed by atoms with van der Waals surface area (Å²) in [5.41, 5.74) is 2.06. The topological polar surface area (TPSA) is 29.5 Å². The van der Waals surface area contributed by atoms with Gasteiger partial charge in [-0.15, -0.1) is 0 Å². The summed E-state index contributed by atoms with van der Waals surface area (Å²) in [6.07, 6.45) is 3.46. The van der Waals surface area contributed by atoms with Crippen LogP contribution in [0.25, 0.3) is 0 Å². The van der Waals surface area contributed by atoms with Gasteiger partial charge in [-0.3, -0.25) is 0 Å². The molecule has 0 aliphatic heterocycles. The fraction of sp³-hybridized carbons (Fsp3) is 0.538. The quantitative estimate of drug-likeness (QED) is 0.823. The fourth-order valence-corrected chi connectivity index (χ4v) is 1.77. The van der Waals surface area contributed by atoms with E-state index in [1.165, 1.54) is 6.42 Å². The molecule has 0 amide bonds. The molecule has 1 unspecified atom stereocenters. The van der Waals surface area contributed by atoms with Crippen LogP contribution in [-0.4, -0.2) is 11.2 Å². The third kappa shape index (κ3) is 2.32. The molecule has 1 aliphatic carbocycles. The maximum atomic E-state index is 9.65. The Kier molecular flexibility index (Phi) is 2.96. The summed E-state index contributed by atoms with van der Waals surface area (Å²) < 4.78 is 5.84. The van der Waals surface area contributed by atoms with E-state index in [4.69, 9.17) is 4.74 Å². The molecule has 1 aliphatic rings. The standard InChI is InChI=1S/C13H18O2/c1-9-6-7-13(12(8-9)10(2)14)15-11-4-3-5-11/h6-8,10-11,14H,3-5H2,1-2H3. The van der Waals surface area contributed by atoms with Gasteiger partial charge in [0, 0.05) is 5.56 Å². The number of aliphatic hydroxyl groups is 1. The zero-order valence-electron chi connectivity index (χ0n) is 9.36. The number of hydrogen-bond acceptors (Lipinski definition) is 2. The minimum Gasteiger partial charge on any atom is -0.490 e. The largest absolute Gasteiger partial charge is 0.490 e. The molecular weight excluding hydrogens is 188 g/mol. The van der Waals surface area contributed by atoms with Crippen molar-refractivity contribution in [3.8, 4) is 5.75 Å². The first-order valence-corrected chi connectivity index (χ1v) is 5.62. The van der Waals surface area contributed by atoms with Gasteiger partial charge in [0.1, 0.15) is 5.75 Å². The predicted octanol–water partition coefficient (Wildman–Crippen LogP) is 2.98. The molecular formula is C13H18O2. The second-order valence-electron chi connectivity index (χ2n) is 4.39. The van der Waals surface area contributed by atoms with Crippen LogP contribution in [0.3, 0.4) is 0 Å². The molecule has 1 N–H and O–H groups in total. The summed E-state index contributed by atoms with van der Waals surface area (Å²) in [4.78, 5) is 0. The maximum Gasteiger partial charge on any atom is 0.125 e. The Morgan fingerprint density at radius 3 is 2.67 bits per heavy atom. The highest BCUT2D eigenvalue weighted by Gasteiger charge is 2.21. The van der Waals surface area contributed by atoms with Gasteiger partial charge in [0.15, 0.2) is 0 Å². The third-order valence-corrected chi connectivity index (χ3v) is 2.96. The SMILES string of the molecule is Cc1ccc(OC2CCC2)c(C(C)O)c1. The van der Waals surface area contributed by atoms with Crippen molar-refractivity contribution in [2.24, 2.45) is 0 Å². The van der Waals surface area contributed by atoms with E-state index < -0.39 is 6.10 Å². The summed E-state index contributed by atoms with van der Waals surface area (Å²) in [6, 6.07) is 5.99. The number of benzene rings is 1. The van der Waals surface area contributed by atoms with Crippen LogP contribution < -0.4 is 4.74 Å². The van der Waals surface area contributed by atoms with Gasteiger partial charge in [0.05, 0.1) is 12.2 Å². The summed E-state index contributed by atoms with van der Waals surface area (Å²) in [5, 5.41) is 9.65. The Bertz CT molecular complexity index is 340. The highest BCUT2D eigenvalue weighted by molar-refractivity contribution is 5.38. The van der Waals surface area contributed by atoms with Crippen molar-refractivity contribution in [1.82, 2.24) is 0 Å². The van der Waals surface area contributed by atoms with E-state index >= 15 is 0 Å². The first-order chi connectivity index (χ1) is 7.16. The Balaban J connectivity index is 2.20. The van der Waals surface area contributed by atoms with Gasteiger partial charge in [0.2, 0.25) is 0 Å². The Morgan fingerprint density at radius 1 is 1.40 bits per heavy atom. The van der Waals surface area contributed by atoms with E-state index in [1.54, 1.807) is 6.92 Å². The van der Waals surface area contributed by atoms with Crippen LogP contribution in [0.4, 0.5) is 0 Å². The van der Waals surface area contributed by atoms with E-state index in [-0.39, 0.29) is 0 Å². The van der Waals surface area contributed by atoms with Crippen molar-refractivity contribution in [1.29, 1.82) is 0 Å². The normalized spacial score (nSPS) is 18.3. The monoisotopic (exact) mass is 206 g/mol. The Morgan fingerprint density at radius 2 is 2.13 bits per heavy atom. The molecule has 2 heteroatoms. The van der Waals surface area contributed by atoms with Crippen molar-refractivity contribution in [3.05, 3.63) is 29.3 Å². The minimum absolute atomic E-state index is 0.366. The summed E-state index contributed by atoms with van der Waals surface area (Å²) >= 11 is 0. The average molecular weight is 206 g/mol. The van der Waals surface area contributed by atoms with E-state index in [0.717, 1.165) is 29.7 Å². The summed E-state index contributed by atoms with van der Waals surface area (Å²) in [5.74, 6) is 0.848. The lowest BCUT2D eigenvalue weighted by molar-refractivity contribution is 0.112. The average Bonchev–Trinajstić information content (AvgIpc) is 2.12. The van der Waals surface area contributed by atoms with Crippen LogP contribution in [0.2, 0.25) is 0 Å². The molecule has 82 valence electrons. The number of ether oxygens (including phenoxy) is 1. The van der Waals surface area contributed by atoms with Crippen molar-refractivity contribution in [2.45, 2.75) is 45.3 Å². The minimum atomic E-state index is -0.458. The molecule has 0 heterocycles. The molecule has 0 aromatic heterocycles. The molecule has 0 saturated heterocycles. The van der Waals surface area contributed by atoms with Crippen molar-refractivity contribution >= 4 is 0 Å². The molecule has 0 radical (unpaired) electrons. The van der Waals surface area contributed by atoms with Crippen LogP contribution in [-0.2, 0) is 0 Å². The van der Waals surface area contributed by atoms with E-state index in [1.807, 2.05) is 25.1 Å². The lowest BCUT2D eigenvalue weighted by Gasteiger charge is -2.28. The van der Waals surface area contributed by atoms with E-state index in [9.17, 15) is 5.11 Å². The van der Waals surface area contributed by atoms with Crippen molar-refractivity contribution < 1.29 is 9.84 Å². The second-order valence-corrected chi connectivity index (χ2v) is 4.39. The molecule has 1 fully saturated rings. The molecule has 0 bridgehead atoms. The number of aryl methyl sites for hydroxylation is 1. The zero-order chi connectivity index (χ0) is 10.8. The van der Waals surface area contributed by atoms with Crippen LogP contribution in [0, 0.1) is 6.92 Å². The van der Waals surface area contributed by atoms with Gasteiger partial charge in [-0.2, -0.15) is 0 Å². The molecule has 1 aromatic carbocycles. The van der Waals surface area contributed by atoms with Crippen molar-refractivity contribution in [3.63, 3.8) is 0 Å². The fourth-order valence-electron chi connectivity index (χ4n) is 1.77. The first-order valence-electron chi connectivity index (χ1n) is 5.62. The van der Waals surface area contributed by atoms with E-state index in [2.05, 4.69) is 0 Å². The van der Waals surface area contributed by atoms with Gasteiger partial charge < -0.3 is 9.84 Å². The number of aliphatic hydroxyl groups excluding tert-OH is 1. The lowest BCUT2D eigenvalue weighted by Crippen LogP contribution is -2.25. The summed E-state index contributed by atoms with van der Waals surface area (Å²) in [6.45, 7) is 3.81. The van der Waals surface area contributed by atoms with Gasteiger partial charge in [-0.25, -0.2) is 0 Å². The molecule has 1 atom stereocenters. The van der Waals surface area contributed by atoms with Crippen LogP contribution in [0.15, 0.2) is 18.2 Å². The lowest BCUT2D eigenvalue weighted by atomic mass is 9.96. The first kappa shape index (κ1) is 10.5. The molecule has 0 spiro atoms.